The van der Waals surface area contributed by atoms with Gasteiger partial charge < -0.3 is 0 Å². The van der Waals surface area contributed by atoms with Gasteiger partial charge in [-0.3, -0.25) is 4.98 Å². The van der Waals surface area contributed by atoms with Crippen LogP contribution in [-0.2, 0) is 0 Å². The van der Waals surface area contributed by atoms with E-state index < -0.39 is 0 Å². The van der Waals surface area contributed by atoms with Crippen molar-refractivity contribution in [3.63, 3.8) is 0 Å². The Morgan fingerprint density at radius 2 is 0.955 bits per heavy atom. The number of para-hydroxylation sites is 1. The highest BCUT2D eigenvalue weighted by Crippen LogP contribution is 2.36. The fourth-order valence-electron chi connectivity index (χ4n) is 6.47. The monoisotopic (exact) mass is 559 g/mol. The summed E-state index contributed by atoms with van der Waals surface area (Å²) in [5.74, 6) is 0. The van der Waals surface area contributed by atoms with Gasteiger partial charge in [0, 0.05) is 33.5 Å². The van der Waals surface area contributed by atoms with E-state index in [1.165, 1.54) is 21.5 Å². The van der Waals surface area contributed by atoms with E-state index in [0.29, 0.717) is 0 Å². The molecule has 0 aliphatic rings. The van der Waals surface area contributed by atoms with Crippen molar-refractivity contribution in [3.8, 4) is 33.6 Å². The van der Waals surface area contributed by atoms with E-state index in [4.69, 9.17) is 9.97 Å². The summed E-state index contributed by atoms with van der Waals surface area (Å²) >= 11 is 0. The van der Waals surface area contributed by atoms with Gasteiger partial charge in [0.2, 0.25) is 0 Å². The fourth-order valence-corrected chi connectivity index (χ4v) is 6.47. The van der Waals surface area contributed by atoms with Crippen molar-refractivity contribution in [2.45, 2.75) is 0 Å². The Kier molecular flexibility index (Phi) is 5.50. The Morgan fingerprint density at radius 3 is 1.70 bits per heavy atom. The average Bonchev–Trinajstić information content (AvgIpc) is 3.10. The van der Waals surface area contributed by atoms with Crippen LogP contribution in [0.15, 0.2) is 152 Å². The number of pyridine rings is 3. The number of hydrogen-bond donors (Lipinski definition) is 0. The summed E-state index contributed by atoms with van der Waals surface area (Å²) in [5, 5.41) is 8.28. The summed E-state index contributed by atoms with van der Waals surface area (Å²) < 4.78 is 0. The molecule has 3 nitrogen and oxygen atoms in total. The van der Waals surface area contributed by atoms with Crippen molar-refractivity contribution < 1.29 is 0 Å². The van der Waals surface area contributed by atoms with Crippen LogP contribution in [-0.4, -0.2) is 15.0 Å². The highest BCUT2D eigenvalue weighted by molar-refractivity contribution is 6.13. The number of hydrogen-bond acceptors (Lipinski definition) is 3. The Balaban J connectivity index is 1.16. The molecule has 0 fully saturated rings. The summed E-state index contributed by atoms with van der Waals surface area (Å²) in [7, 11) is 0. The van der Waals surface area contributed by atoms with Crippen molar-refractivity contribution in [1.82, 2.24) is 15.0 Å². The first-order valence-corrected chi connectivity index (χ1v) is 14.9. The van der Waals surface area contributed by atoms with E-state index in [1.54, 1.807) is 0 Å². The molecule has 3 heteroatoms. The van der Waals surface area contributed by atoms with Crippen molar-refractivity contribution in [1.29, 1.82) is 0 Å². The lowest BCUT2D eigenvalue weighted by Crippen LogP contribution is -1.90. The lowest BCUT2D eigenvalue weighted by molar-refractivity contribution is 1.37. The zero-order valence-corrected chi connectivity index (χ0v) is 23.8. The molecule has 0 unspecified atom stereocenters. The molecule has 3 aromatic heterocycles. The van der Waals surface area contributed by atoms with Crippen molar-refractivity contribution in [2.24, 2.45) is 0 Å². The predicted octanol–water partition coefficient (Wildman–Crippen LogP) is 10.6. The van der Waals surface area contributed by atoms with E-state index >= 15 is 0 Å². The summed E-state index contributed by atoms with van der Waals surface area (Å²) in [6, 6.07) is 51.4. The number of benzene rings is 6. The number of nitrogens with zero attached hydrogens (tertiary/aromatic N) is 3. The molecule has 0 amide bonds. The zero-order valence-electron chi connectivity index (χ0n) is 23.8. The molecule has 6 aromatic carbocycles. The van der Waals surface area contributed by atoms with Crippen LogP contribution in [0.5, 0.6) is 0 Å². The van der Waals surface area contributed by atoms with E-state index in [9.17, 15) is 0 Å². The lowest BCUT2D eigenvalue weighted by Gasteiger charge is -2.12. The summed E-state index contributed by atoms with van der Waals surface area (Å²) in [4.78, 5) is 15.0. The second kappa shape index (κ2) is 9.82. The predicted molar refractivity (Wildman–Crippen MR) is 184 cm³/mol. The molecule has 0 N–H and O–H groups in total. The molecule has 0 bridgehead atoms. The second-order valence-corrected chi connectivity index (χ2v) is 11.3. The van der Waals surface area contributed by atoms with Gasteiger partial charge in [0.1, 0.15) is 0 Å². The zero-order chi connectivity index (χ0) is 29.0. The maximum atomic E-state index is 5.21. The molecule has 3 heterocycles. The van der Waals surface area contributed by atoms with Gasteiger partial charge in [-0.2, -0.15) is 0 Å². The highest BCUT2D eigenvalue weighted by Gasteiger charge is 2.12. The Hall–Kier alpha value is -5.93. The number of aromatic nitrogens is 3. The number of fused-ring (bicyclic) bond motifs is 6. The Morgan fingerprint density at radius 1 is 0.364 bits per heavy atom. The van der Waals surface area contributed by atoms with Crippen LogP contribution in [0.4, 0.5) is 0 Å². The Labute approximate surface area is 254 Å². The third kappa shape index (κ3) is 4.02. The van der Waals surface area contributed by atoms with Gasteiger partial charge >= 0.3 is 0 Å². The third-order valence-corrected chi connectivity index (χ3v) is 8.67. The van der Waals surface area contributed by atoms with Crippen LogP contribution in [0, 0.1) is 0 Å². The van der Waals surface area contributed by atoms with Crippen LogP contribution in [0.25, 0.3) is 87.9 Å². The normalized spacial score (nSPS) is 11.6. The molecule has 0 atom stereocenters. The molecular weight excluding hydrogens is 534 g/mol. The van der Waals surface area contributed by atoms with Gasteiger partial charge in [0.15, 0.2) is 0 Å². The van der Waals surface area contributed by atoms with Gasteiger partial charge in [-0.1, -0.05) is 109 Å². The van der Waals surface area contributed by atoms with Crippen molar-refractivity contribution in [3.05, 3.63) is 152 Å². The summed E-state index contributed by atoms with van der Waals surface area (Å²) in [6.45, 7) is 0. The van der Waals surface area contributed by atoms with E-state index in [1.807, 2.05) is 12.3 Å². The molecule has 0 aliphatic heterocycles. The SMILES string of the molecule is c1cnc2c(-c3ccc4ccc(-c5ccc6ccc(-c7cc8ccccc8c8ccccc78)nc6c5)cc4n3)cccc2c1. The molecule has 0 radical (unpaired) electrons. The van der Waals surface area contributed by atoms with E-state index in [2.05, 4.69) is 145 Å². The second-order valence-electron chi connectivity index (χ2n) is 11.3. The Bertz CT molecular complexity index is 2560. The molecule has 9 aromatic rings. The third-order valence-electron chi connectivity index (χ3n) is 8.67. The van der Waals surface area contributed by atoms with Gasteiger partial charge in [-0.15, -0.1) is 0 Å². The molecule has 204 valence electrons. The minimum atomic E-state index is 0.923. The van der Waals surface area contributed by atoms with Crippen molar-refractivity contribution >= 4 is 54.3 Å². The van der Waals surface area contributed by atoms with Gasteiger partial charge in [0.05, 0.1) is 27.9 Å². The van der Waals surface area contributed by atoms with E-state index in [0.717, 1.165) is 66.4 Å². The maximum Gasteiger partial charge on any atom is 0.0795 e. The van der Waals surface area contributed by atoms with E-state index in [-0.39, 0.29) is 0 Å². The van der Waals surface area contributed by atoms with Crippen molar-refractivity contribution in [2.75, 3.05) is 0 Å². The first-order valence-electron chi connectivity index (χ1n) is 14.9. The van der Waals surface area contributed by atoms with Crippen LogP contribution >= 0.6 is 0 Å². The molecule has 0 aliphatic carbocycles. The lowest BCUT2D eigenvalue weighted by atomic mass is 9.95. The molecule has 0 saturated carbocycles. The van der Waals surface area contributed by atoms with Gasteiger partial charge in [-0.05, 0) is 69.1 Å². The number of rotatable bonds is 3. The van der Waals surface area contributed by atoms with Gasteiger partial charge in [-0.25, -0.2) is 9.97 Å². The van der Waals surface area contributed by atoms with Crippen LogP contribution < -0.4 is 0 Å². The quantitative estimate of drug-likeness (QED) is 0.202. The summed E-state index contributed by atoms with van der Waals surface area (Å²) in [5.41, 5.74) is 9.22. The first kappa shape index (κ1) is 24.6. The standard InChI is InChI=1S/C41H25N3/c1-2-10-32-31(7-1)23-36(34-12-4-3-11-33(32)34)38-21-19-27-15-17-30(25-40(27)44-38)29-16-14-26-18-20-37(43-39(26)24-29)35-13-5-8-28-9-6-22-42-41(28)35/h1-25H. The molecule has 0 spiro atoms. The minimum Gasteiger partial charge on any atom is -0.256 e. The molecule has 0 saturated heterocycles. The first-order chi connectivity index (χ1) is 21.8. The smallest absolute Gasteiger partial charge is 0.0795 e. The summed E-state index contributed by atoms with van der Waals surface area (Å²) in [6.07, 6.45) is 1.84. The van der Waals surface area contributed by atoms with Gasteiger partial charge in [0.25, 0.3) is 0 Å². The topological polar surface area (TPSA) is 38.7 Å². The van der Waals surface area contributed by atoms with Crippen LogP contribution in [0.3, 0.4) is 0 Å². The average molecular weight is 560 g/mol. The fraction of sp³-hybridized carbons (Fsp3) is 0. The van der Waals surface area contributed by atoms with Crippen LogP contribution in [0.1, 0.15) is 0 Å². The minimum absolute atomic E-state index is 0.923. The van der Waals surface area contributed by atoms with Crippen LogP contribution in [0.2, 0.25) is 0 Å². The maximum absolute atomic E-state index is 5.21. The highest BCUT2D eigenvalue weighted by atomic mass is 14.7. The molecule has 9 rings (SSSR count). The largest absolute Gasteiger partial charge is 0.256 e. The molecule has 44 heavy (non-hydrogen) atoms. The molecular formula is C41H25N3.